The third kappa shape index (κ3) is 3.21. The van der Waals surface area contributed by atoms with Gasteiger partial charge in [0.15, 0.2) is 0 Å². The molecule has 39 heavy (non-hydrogen) atoms. The fraction of sp³-hybridized carbons (Fsp3) is 0.0811. The molecule has 0 radical (unpaired) electrons. The molecular formula is C37H27NO. The molecule has 8 rings (SSSR count). The van der Waals surface area contributed by atoms with E-state index in [2.05, 4.69) is 134 Å². The Hall–Kier alpha value is -4.82. The Morgan fingerprint density at radius 2 is 1.28 bits per heavy atom. The van der Waals surface area contributed by atoms with Crippen LogP contribution in [0.1, 0.15) is 25.0 Å². The van der Waals surface area contributed by atoms with Gasteiger partial charge in [-0.1, -0.05) is 86.6 Å². The molecule has 0 spiro atoms. The van der Waals surface area contributed by atoms with Crippen molar-refractivity contribution in [2.24, 2.45) is 0 Å². The number of furan rings is 1. The summed E-state index contributed by atoms with van der Waals surface area (Å²) < 4.78 is 6.30. The summed E-state index contributed by atoms with van der Waals surface area (Å²) in [4.78, 5) is 2.36. The first-order chi connectivity index (χ1) is 19.1. The van der Waals surface area contributed by atoms with Crippen molar-refractivity contribution in [3.05, 3.63) is 139 Å². The van der Waals surface area contributed by atoms with Crippen molar-refractivity contribution >= 4 is 49.8 Å². The summed E-state index contributed by atoms with van der Waals surface area (Å²) >= 11 is 0. The van der Waals surface area contributed by atoms with Crippen LogP contribution in [0.4, 0.5) is 17.1 Å². The van der Waals surface area contributed by atoms with Gasteiger partial charge in [-0.2, -0.15) is 0 Å². The van der Waals surface area contributed by atoms with Crippen LogP contribution in [0.5, 0.6) is 0 Å². The maximum absolute atomic E-state index is 6.30. The predicted octanol–water partition coefficient (Wildman–Crippen LogP) is 10.5. The lowest BCUT2D eigenvalue weighted by molar-refractivity contribution is 0.661. The summed E-state index contributed by atoms with van der Waals surface area (Å²) in [5.41, 5.74) is 10.6. The van der Waals surface area contributed by atoms with E-state index in [4.69, 9.17) is 4.42 Å². The maximum Gasteiger partial charge on any atom is 0.137 e. The Labute approximate surface area is 227 Å². The third-order valence-electron chi connectivity index (χ3n) is 8.44. The second kappa shape index (κ2) is 8.09. The van der Waals surface area contributed by atoms with Crippen molar-refractivity contribution in [3.63, 3.8) is 0 Å². The van der Waals surface area contributed by atoms with E-state index in [1.165, 1.54) is 33.0 Å². The fourth-order valence-corrected chi connectivity index (χ4v) is 6.51. The lowest BCUT2D eigenvalue weighted by Crippen LogP contribution is -2.15. The van der Waals surface area contributed by atoms with Gasteiger partial charge in [-0.3, -0.25) is 0 Å². The molecule has 2 nitrogen and oxygen atoms in total. The number of hydrogen-bond acceptors (Lipinski definition) is 2. The monoisotopic (exact) mass is 501 g/mol. The first-order valence-corrected chi connectivity index (χ1v) is 13.5. The fourth-order valence-electron chi connectivity index (χ4n) is 6.51. The van der Waals surface area contributed by atoms with Crippen LogP contribution in [-0.4, -0.2) is 0 Å². The Morgan fingerprint density at radius 3 is 2.18 bits per heavy atom. The van der Waals surface area contributed by atoms with Gasteiger partial charge in [0.2, 0.25) is 0 Å². The number of hydrogen-bond donors (Lipinski definition) is 0. The molecule has 0 bridgehead atoms. The molecule has 1 aliphatic rings. The Morgan fingerprint density at radius 1 is 0.513 bits per heavy atom. The van der Waals surface area contributed by atoms with Gasteiger partial charge in [0.1, 0.15) is 11.2 Å². The smallest absolute Gasteiger partial charge is 0.137 e. The number of anilines is 3. The molecule has 0 atom stereocenters. The lowest BCUT2D eigenvalue weighted by atomic mass is 9.82. The van der Waals surface area contributed by atoms with Crippen molar-refractivity contribution in [1.29, 1.82) is 0 Å². The molecule has 0 aliphatic heterocycles. The average Bonchev–Trinajstić information content (AvgIpc) is 3.45. The molecular weight excluding hydrogens is 474 g/mol. The van der Waals surface area contributed by atoms with Crippen LogP contribution in [0.2, 0.25) is 0 Å². The minimum Gasteiger partial charge on any atom is -0.456 e. The normalized spacial score (nSPS) is 13.6. The van der Waals surface area contributed by atoms with Gasteiger partial charge >= 0.3 is 0 Å². The molecule has 7 aromatic rings. The largest absolute Gasteiger partial charge is 0.456 e. The van der Waals surface area contributed by atoms with Crippen molar-refractivity contribution in [2.75, 3.05) is 4.90 Å². The quantitative estimate of drug-likeness (QED) is 0.239. The minimum atomic E-state index is -0.0575. The maximum atomic E-state index is 6.30. The standard InChI is InChI=1S/C37H27NO/c1-37(2)32-16-8-6-14-27(32)31-21-24-11-10-17-34(30(24)23-33(31)37)38(25-12-4-3-5-13-25)26-19-20-29-28-15-7-9-18-35(28)39-36(29)22-26/h3-23H,1-2H3. The van der Waals surface area contributed by atoms with Crippen molar-refractivity contribution in [3.8, 4) is 11.1 Å². The van der Waals surface area contributed by atoms with Gasteiger partial charge in [0, 0.05) is 39.0 Å². The molecule has 186 valence electrons. The summed E-state index contributed by atoms with van der Waals surface area (Å²) in [6.07, 6.45) is 0. The molecule has 0 unspecified atom stereocenters. The van der Waals surface area contributed by atoms with E-state index >= 15 is 0 Å². The van der Waals surface area contributed by atoms with E-state index < -0.39 is 0 Å². The summed E-state index contributed by atoms with van der Waals surface area (Å²) in [6, 6.07) is 45.7. The second-order valence-electron chi connectivity index (χ2n) is 11.0. The highest BCUT2D eigenvalue weighted by atomic mass is 16.3. The molecule has 0 amide bonds. The molecule has 1 heterocycles. The summed E-state index contributed by atoms with van der Waals surface area (Å²) in [5.74, 6) is 0. The van der Waals surface area contributed by atoms with Gasteiger partial charge in [0.25, 0.3) is 0 Å². The average molecular weight is 502 g/mol. The van der Waals surface area contributed by atoms with E-state index in [1.54, 1.807) is 0 Å². The minimum absolute atomic E-state index is 0.0575. The predicted molar refractivity (Wildman–Crippen MR) is 163 cm³/mol. The molecule has 1 aliphatic carbocycles. The van der Waals surface area contributed by atoms with Gasteiger partial charge in [-0.05, 0) is 76.2 Å². The first-order valence-electron chi connectivity index (χ1n) is 13.5. The van der Waals surface area contributed by atoms with Crippen LogP contribution in [0.3, 0.4) is 0 Å². The summed E-state index contributed by atoms with van der Waals surface area (Å²) in [5, 5.41) is 4.76. The zero-order valence-electron chi connectivity index (χ0n) is 22.0. The molecule has 6 aromatic carbocycles. The topological polar surface area (TPSA) is 16.4 Å². The summed E-state index contributed by atoms with van der Waals surface area (Å²) in [7, 11) is 0. The number of rotatable bonds is 3. The van der Waals surface area contributed by atoms with Crippen molar-refractivity contribution < 1.29 is 4.42 Å². The van der Waals surface area contributed by atoms with Gasteiger partial charge in [-0.25, -0.2) is 0 Å². The molecule has 2 heteroatoms. The number of nitrogens with zero attached hydrogens (tertiary/aromatic N) is 1. The molecule has 0 saturated carbocycles. The molecule has 0 saturated heterocycles. The Bertz CT molecular complexity index is 2050. The van der Waals surface area contributed by atoms with Crippen LogP contribution in [0.15, 0.2) is 132 Å². The van der Waals surface area contributed by atoms with E-state index in [-0.39, 0.29) is 5.41 Å². The zero-order chi connectivity index (χ0) is 26.1. The van der Waals surface area contributed by atoms with Crippen LogP contribution in [0, 0.1) is 0 Å². The zero-order valence-corrected chi connectivity index (χ0v) is 22.0. The van der Waals surface area contributed by atoms with E-state index in [0.717, 1.165) is 39.0 Å². The molecule has 0 fully saturated rings. The summed E-state index contributed by atoms with van der Waals surface area (Å²) in [6.45, 7) is 4.69. The third-order valence-corrected chi connectivity index (χ3v) is 8.44. The molecule has 0 N–H and O–H groups in total. The van der Waals surface area contributed by atoms with Crippen LogP contribution < -0.4 is 4.90 Å². The van der Waals surface area contributed by atoms with Gasteiger partial charge in [0.05, 0.1) is 5.69 Å². The van der Waals surface area contributed by atoms with Crippen LogP contribution in [0.25, 0.3) is 43.8 Å². The van der Waals surface area contributed by atoms with E-state index in [0.29, 0.717) is 0 Å². The van der Waals surface area contributed by atoms with Crippen molar-refractivity contribution in [2.45, 2.75) is 19.3 Å². The lowest BCUT2D eigenvalue weighted by Gasteiger charge is -2.28. The highest BCUT2D eigenvalue weighted by Gasteiger charge is 2.35. The van der Waals surface area contributed by atoms with Crippen molar-refractivity contribution in [1.82, 2.24) is 0 Å². The van der Waals surface area contributed by atoms with Gasteiger partial charge in [-0.15, -0.1) is 0 Å². The number of benzene rings is 6. The second-order valence-corrected chi connectivity index (χ2v) is 11.0. The van der Waals surface area contributed by atoms with E-state index in [1.807, 2.05) is 12.1 Å². The first kappa shape index (κ1) is 22.2. The highest BCUT2D eigenvalue weighted by molar-refractivity contribution is 6.07. The Kier molecular flexibility index (Phi) is 4.60. The number of fused-ring (bicyclic) bond motifs is 7. The number of para-hydroxylation sites is 2. The van der Waals surface area contributed by atoms with Crippen LogP contribution in [-0.2, 0) is 5.41 Å². The molecule has 1 aromatic heterocycles. The Balaban J connectivity index is 1.38. The SMILES string of the molecule is CC1(C)c2ccccc2-c2cc3cccc(N(c4ccccc4)c4ccc5c(c4)oc4ccccc45)c3cc21. The van der Waals surface area contributed by atoms with E-state index in [9.17, 15) is 0 Å². The van der Waals surface area contributed by atoms with Crippen LogP contribution >= 0.6 is 0 Å². The van der Waals surface area contributed by atoms with Gasteiger partial charge < -0.3 is 9.32 Å². The highest BCUT2D eigenvalue weighted by Crippen LogP contribution is 2.51.